The summed E-state index contributed by atoms with van der Waals surface area (Å²) < 4.78 is 11.3. The number of hydrogen-bond acceptors (Lipinski definition) is 8. The number of allylic oxidation sites excluding steroid dienone is 15. The predicted octanol–water partition coefficient (Wildman–Crippen LogP) is 17.5. The van der Waals surface area contributed by atoms with Gasteiger partial charge in [-0.25, -0.2) is 0 Å². The summed E-state index contributed by atoms with van der Waals surface area (Å²) in [6.07, 6.45) is 77.7. The maximum atomic E-state index is 13.1. The summed E-state index contributed by atoms with van der Waals surface area (Å²) in [5, 5.41) is 54.7. The summed E-state index contributed by atoms with van der Waals surface area (Å²) in [7, 11) is 0. The third-order valence-corrected chi connectivity index (χ3v) is 15.2. The van der Waals surface area contributed by atoms with Crippen molar-refractivity contribution in [2.75, 3.05) is 13.2 Å². The van der Waals surface area contributed by atoms with E-state index in [1.807, 2.05) is 6.08 Å². The Morgan fingerprint density at radius 1 is 0.443 bits per heavy atom. The molecule has 1 amide bonds. The van der Waals surface area contributed by atoms with Gasteiger partial charge >= 0.3 is 0 Å². The molecule has 7 atom stereocenters. The minimum absolute atomic E-state index is 0.179. The Labute approximate surface area is 485 Å². The van der Waals surface area contributed by atoms with E-state index >= 15 is 0 Å². The lowest BCUT2D eigenvalue weighted by molar-refractivity contribution is -0.302. The largest absolute Gasteiger partial charge is 0.394 e. The molecule has 0 bridgehead atoms. The molecule has 0 radical (unpaired) electrons. The number of nitrogens with one attached hydrogen (secondary N) is 1. The Hall–Kier alpha value is -2.89. The van der Waals surface area contributed by atoms with E-state index in [1.165, 1.54) is 180 Å². The van der Waals surface area contributed by atoms with Gasteiger partial charge in [0.2, 0.25) is 5.91 Å². The Morgan fingerprint density at radius 2 is 0.785 bits per heavy atom. The number of carbonyl (C=O) groups excluding carboxylic acids is 1. The third kappa shape index (κ3) is 47.3. The van der Waals surface area contributed by atoms with Crippen molar-refractivity contribution >= 4 is 5.91 Å². The number of rotatable bonds is 56. The van der Waals surface area contributed by atoms with Crippen LogP contribution in [0.15, 0.2) is 97.2 Å². The van der Waals surface area contributed by atoms with E-state index in [-0.39, 0.29) is 12.5 Å². The molecule has 1 fully saturated rings. The van der Waals surface area contributed by atoms with Gasteiger partial charge in [0.25, 0.3) is 0 Å². The van der Waals surface area contributed by atoms with Gasteiger partial charge in [0.05, 0.1) is 25.4 Å². The molecule has 9 nitrogen and oxygen atoms in total. The molecule has 79 heavy (non-hydrogen) atoms. The van der Waals surface area contributed by atoms with Crippen LogP contribution in [0.5, 0.6) is 0 Å². The van der Waals surface area contributed by atoms with Gasteiger partial charge in [-0.15, -0.1) is 0 Å². The summed E-state index contributed by atoms with van der Waals surface area (Å²) >= 11 is 0. The predicted molar refractivity (Wildman–Crippen MR) is 336 cm³/mol. The number of aliphatic hydroxyl groups is 5. The van der Waals surface area contributed by atoms with Gasteiger partial charge < -0.3 is 40.3 Å². The molecule has 1 aliphatic heterocycles. The second-order valence-electron chi connectivity index (χ2n) is 22.5. The molecule has 1 aliphatic rings. The molecular weight excluding hydrogens is 983 g/mol. The summed E-state index contributed by atoms with van der Waals surface area (Å²) in [6.45, 7) is 3.69. The van der Waals surface area contributed by atoms with E-state index < -0.39 is 49.5 Å². The van der Waals surface area contributed by atoms with Crippen LogP contribution in [0.4, 0.5) is 0 Å². The quantitative estimate of drug-likeness (QED) is 0.0261. The van der Waals surface area contributed by atoms with Crippen molar-refractivity contribution in [3.8, 4) is 0 Å². The normalized spacial score (nSPS) is 19.2. The lowest BCUT2D eigenvalue weighted by Gasteiger charge is -2.40. The first-order valence-electron chi connectivity index (χ1n) is 33.0. The van der Waals surface area contributed by atoms with Crippen molar-refractivity contribution in [2.24, 2.45) is 0 Å². The van der Waals surface area contributed by atoms with Gasteiger partial charge in [-0.3, -0.25) is 4.79 Å². The van der Waals surface area contributed by atoms with Crippen LogP contribution in [0.3, 0.4) is 0 Å². The maximum absolute atomic E-state index is 13.1. The minimum Gasteiger partial charge on any atom is -0.394 e. The number of unbranched alkanes of at least 4 members (excludes halogenated alkanes) is 32. The van der Waals surface area contributed by atoms with Crippen LogP contribution in [0.2, 0.25) is 0 Å². The number of amides is 1. The smallest absolute Gasteiger partial charge is 0.220 e. The fourth-order valence-electron chi connectivity index (χ4n) is 10.0. The molecule has 7 unspecified atom stereocenters. The summed E-state index contributed by atoms with van der Waals surface area (Å²) in [5.74, 6) is -0.179. The number of carbonyl (C=O) groups is 1. The van der Waals surface area contributed by atoms with Crippen LogP contribution in [-0.2, 0) is 14.3 Å². The molecule has 0 spiro atoms. The zero-order chi connectivity index (χ0) is 57.2. The maximum Gasteiger partial charge on any atom is 0.220 e. The molecule has 0 aromatic heterocycles. The molecule has 456 valence electrons. The second kappa shape index (κ2) is 58.3. The highest BCUT2D eigenvalue weighted by atomic mass is 16.7. The van der Waals surface area contributed by atoms with E-state index in [0.717, 1.165) is 83.5 Å². The second-order valence-corrected chi connectivity index (χ2v) is 22.5. The zero-order valence-electron chi connectivity index (χ0n) is 50.9. The monoisotopic (exact) mass is 1110 g/mol. The van der Waals surface area contributed by atoms with Gasteiger partial charge in [-0.2, -0.15) is 0 Å². The fourth-order valence-corrected chi connectivity index (χ4v) is 10.0. The van der Waals surface area contributed by atoms with Crippen molar-refractivity contribution in [3.63, 3.8) is 0 Å². The summed E-state index contributed by atoms with van der Waals surface area (Å²) in [5.41, 5.74) is 0. The van der Waals surface area contributed by atoms with Crippen LogP contribution >= 0.6 is 0 Å². The lowest BCUT2D eigenvalue weighted by atomic mass is 9.99. The van der Waals surface area contributed by atoms with Crippen LogP contribution in [0.25, 0.3) is 0 Å². The lowest BCUT2D eigenvalue weighted by Crippen LogP contribution is -2.60. The van der Waals surface area contributed by atoms with Gasteiger partial charge in [-0.1, -0.05) is 297 Å². The molecule has 1 rings (SSSR count). The van der Waals surface area contributed by atoms with Crippen LogP contribution < -0.4 is 5.32 Å². The fraction of sp³-hybridized carbons (Fsp3) is 0.757. The SMILES string of the molecule is CC/C=C\C/C=C\C/C=C\C/C=C\C/C=C\C/C=C\C/C=C\CCCCCCCCCCCCCCCC(=O)NC(COC1OC(CO)C(O)C(O)C1O)C(O)/C=C/CCCCCCCCCCCCCCCCCCCCC. The molecule has 1 heterocycles. The van der Waals surface area contributed by atoms with E-state index in [9.17, 15) is 30.3 Å². The van der Waals surface area contributed by atoms with Crippen LogP contribution in [-0.4, -0.2) is 87.5 Å². The molecule has 0 saturated carbocycles. The van der Waals surface area contributed by atoms with E-state index in [2.05, 4.69) is 104 Å². The molecular formula is C70H123NO8. The highest BCUT2D eigenvalue weighted by molar-refractivity contribution is 5.76. The Kier molecular flexibility index (Phi) is 54.7. The van der Waals surface area contributed by atoms with E-state index in [0.29, 0.717) is 6.42 Å². The highest BCUT2D eigenvalue weighted by Gasteiger charge is 2.44. The number of hydrogen-bond donors (Lipinski definition) is 6. The standard InChI is InChI=1S/C70H123NO8/c1-3-5-7-9-11-13-15-17-19-21-23-25-26-27-28-29-30-31-32-33-34-35-36-37-38-40-42-44-46-48-50-52-54-56-58-60-66(74)71-63(62-78-70-69(77)68(76)67(75)65(61-72)79-70)64(73)59-57-55-53-51-49-47-45-43-41-39-24-22-20-18-16-14-12-10-8-6-4-2/h5,7,11,13,17,19,23,25,27-28,30-31,33-34,57,59,63-65,67-70,72-73,75-77H,3-4,6,8-10,12,14-16,18,20-22,24,26,29,32,35-56,58,60-62H2,1-2H3,(H,71,74)/b7-5-,13-11-,19-17-,25-23-,28-27-,31-30-,34-33-,59-57+. The average Bonchev–Trinajstić information content (AvgIpc) is 3.47. The molecule has 0 aromatic carbocycles. The molecule has 0 aliphatic carbocycles. The molecule has 1 saturated heterocycles. The van der Waals surface area contributed by atoms with Crippen LogP contribution in [0.1, 0.15) is 284 Å². The molecule has 6 N–H and O–H groups in total. The molecule has 0 aromatic rings. The Bertz CT molecular complexity index is 1560. The van der Waals surface area contributed by atoms with Crippen molar-refractivity contribution in [1.29, 1.82) is 0 Å². The van der Waals surface area contributed by atoms with E-state index in [1.54, 1.807) is 6.08 Å². The first-order chi connectivity index (χ1) is 38.8. The number of ether oxygens (including phenoxy) is 2. The topological polar surface area (TPSA) is 149 Å². The highest BCUT2D eigenvalue weighted by Crippen LogP contribution is 2.23. The van der Waals surface area contributed by atoms with Crippen molar-refractivity contribution in [1.82, 2.24) is 5.32 Å². The van der Waals surface area contributed by atoms with Gasteiger partial charge in [0.15, 0.2) is 6.29 Å². The molecule has 9 heteroatoms. The Balaban J connectivity index is 2.16. The first kappa shape index (κ1) is 74.1. The van der Waals surface area contributed by atoms with Gasteiger partial charge in [0, 0.05) is 6.42 Å². The van der Waals surface area contributed by atoms with Gasteiger partial charge in [0.1, 0.15) is 24.4 Å². The average molecular weight is 1110 g/mol. The van der Waals surface area contributed by atoms with E-state index in [4.69, 9.17) is 9.47 Å². The van der Waals surface area contributed by atoms with Crippen LogP contribution in [0, 0.1) is 0 Å². The minimum atomic E-state index is -1.57. The summed E-state index contributed by atoms with van der Waals surface area (Å²) in [4.78, 5) is 13.1. The first-order valence-corrected chi connectivity index (χ1v) is 33.0. The van der Waals surface area contributed by atoms with Crippen molar-refractivity contribution in [2.45, 2.75) is 326 Å². The van der Waals surface area contributed by atoms with Crippen molar-refractivity contribution in [3.05, 3.63) is 97.2 Å². The Morgan fingerprint density at radius 3 is 1.16 bits per heavy atom. The number of aliphatic hydroxyl groups excluding tert-OH is 5. The third-order valence-electron chi connectivity index (χ3n) is 15.2. The summed E-state index contributed by atoms with van der Waals surface area (Å²) in [6, 6.07) is -0.812. The zero-order valence-corrected chi connectivity index (χ0v) is 50.9. The van der Waals surface area contributed by atoms with Gasteiger partial charge in [-0.05, 0) is 77.0 Å². The van der Waals surface area contributed by atoms with Crippen molar-refractivity contribution < 1.29 is 39.8 Å².